The van der Waals surface area contributed by atoms with Gasteiger partial charge in [0, 0.05) is 24.2 Å². The number of nitrogens with zero attached hydrogens (tertiary/aromatic N) is 1. The quantitative estimate of drug-likeness (QED) is 0.472. The van der Waals surface area contributed by atoms with Crippen LogP contribution in [0.25, 0.3) is 16.6 Å². The van der Waals surface area contributed by atoms with Gasteiger partial charge in [0.25, 0.3) is 0 Å². The second-order valence-electron chi connectivity index (χ2n) is 6.31. The number of hydrogen-bond donors (Lipinski definition) is 0. The van der Waals surface area contributed by atoms with Gasteiger partial charge >= 0.3 is 0 Å². The van der Waals surface area contributed by atoms with Crippen LogP contribution in [0.15, 0.2) is 79.0 Å². The van der Waals surface area contributed by atoms with Crippen molar-refractivity contribution in [3.63, 3.8) is 0 Å². The first-order valence-corrected chi connectivity index (χ1v) is 8.57. The summed E-state index contributed by atoms with van der Waals surface area (Å²) in [5.74, 6) is -0.778. The highest BCUT2D eigenvalue weighted by Gasteiger charge is 2.26. The molecule has 2 aromatic carbocycles. The Morgan fingerprint density at radius 3 is 2.19 bits per heavy atom. The molecular weight excluding hydrogens is 341 g/mol. The molecule has 132 valence electrons. The minimum atomic E-state index is -0.402. The minimum absolute atomic E-state index is 0.131. The molecule has 0 atom stereocenters. The summed E-state index contributed by atoms with van der Waals surface area (Å²) < 4.78 is 15.1. The number of ketones is 2. The van der Waals surface area contributed by atoms with E-state index in [0.717, 1.165) is 5.56 Å². The number of pyridine rings is 1. The Morgan fingerprint density at radius 1 is 0.852 bits per heavy atom. The van der Waals surface area contributed by atoms with Gasteiger partial charge < -0.3 is 4.40 Å². The van der Waals surface area contributed by atoms with E-state index in [0.29, 0.717) is 27.9 Å². The standard InChI is InChI=1S/C23H16FNO2/c1-15(26)22-20(16-7-3-2-4-8-16)21(19-9-5-6-14-25(19)22)23(27)17-10-12-18(24)13-11-17/h2-14H,1H3. The lowest BCUT2D eigenvalue weighted by Crippen LogP contribution is -2.04. The molecule has 0 aliphatic heterocycles. The van der Waals surface area contributed by atoms with Gasteiger partial charge in [0.05, 0.1) is 16.8 Å². The van der Waals surface area contributed by atoms with Gasteiger partial charge in [0.1, 0.15) is 5.82 Å². The SMILES string of the molecule is CC(=O)c1c(-c2ccccc2)c(C(=O)c2ccc(F)cc2)c2ccccn12. The average molecular weight is 357 g/mol. The van der Waals surface area contributed by atoms with Crippen LogP contribution >= 0.6 is 0 Å². The molecule has 0 N–H and O–H groups in total. The van der Waals surface area contributed by atoms with Gasteiger partial charge in [0.2, 0.25) is 0 Å². The maximum Gasteiger partial charge on any atom is 0.195 e. The van der Waals surface area contributed by atoms with Crippen LogP contribution in [0.5, 0.6) is 0 Å². The Morgan fingerprint density at radius 2 is 1.52 bits per heavy atom. The fourth-order valence-corrected chi connectivity index (χ4v) is 3.42. The fourth-order valence-electron chi connectivity index (χ4n) is 3.42. The van der Waals surface area contributed by atoms with E-state index in [9.17, 15) is 14.0 Å². The van der Waals surface area contributed by atoms with E-state index in [4.69, 9.17) is 0 Å². The summed E-state index contributed by atoms with van der Waals surface area (Å²) in [6.45, 7) is 1.49. The lowest BCUT2D eigenvalue weighted by molar-refractivity contribution is 0.101. The Balaban J connectivity index is 2.08. The van der Waals surface area contributed by atoms with E-state index in [1.54, 1.807) is 10.6 Å². The van der Waals surface area contributed by atoms with Crippen molar-refractivity contribution >= 4 is 17.1 Å². The first kappa shape index (κ1) is 16.9. The van der Waals surface area contributed by atoms with Crippen molar-refractivity contribution in [2.75, 3.05) is 0 Å². The molecule has 4 heteroatoms. The summed E-state index contributed by atoms with van der Waals surface area (Å²) >= 11 is 0. The smallest absolute Gasteiger partial charge is 0.195 e. The summed E-state index contributed by atoms with van der Waals surface area (Å²) in [5, 5.41) is 0. The summed E-state index contributed by atoms with van der Waals surface area (Å²) in [6, 6.07) is 20.3. The first-order valence-electron chi connectivity index (χ1n) is 8.57. The molecule has 0 saturated heterocycles. The van der Waals surface area contributed by atoms with Gasteiger partial charge in [-0.3, -0.25) is 9.59 Å². The Labute approximate surface area is 155 Å². The van der Waals surface area contributed by atoms with Crippen LogP contribution in [-0.2, 0) is 0 Å². The van der Waals surface area contributed by atoms with Crippen LogP contribution in [0.2, 0.25) is 0 Å². The van der Waals surface area contributed by atoms with E-state index in [-0.39, 0.29) is 11.6 Å². The van der Waals surface area contributed by atoms with Gasteiger partial charge in [-0.2, -0.15) is 0 Å². The van der Waals surface area contributed by atoms with Crippen molar-refractivity contribution in [3.8, 4) is 11.1 Å². The Kier molecular flexibility index (Phi) is 4.16. The van der Waals surface area contributed by atoms with E-state index >= 15 is 0 Å². The number of benzene rings is 2. The average Bonchev–Trinajstić information content (AvgIpc) is 3.04. The highest BCUT2D eigenvalue weighted by molar-refractivity contribution is 6.20. The molecule has 0 unspecified atom stereocenters. The molecule has 0 bridgehead atoms. The largest absolute Gasteiger partial charge is 0.313 e. The number of carbonyl (C=O) groups is 2. The highest BCUT2D eigenvalue weighted by Crippen LogP contribution is 2.35. The van der Waals surface area contributed by atoms with Crippen molar-refractivity contribution in [1.82, 2.24) is 4.40 Å². The third-order valence-corrected chi connectivity index (χ3v) is 4.57. The van der Waals surface area contributed by atoms with Gasteiger partial charge in [-0.05, 0) is 42.0 Å². The molecule has 2 aromatic heterocycles. The number of carbonyl (C=O) groups excluding carboxylic acids is 2. The minimum Gasteiger partial charge on any atom is -0.313 e. The lowest BCUT2D eigenvalue weighted by Gasteiger charge is -2.07. The number of rotatable bonds is 4. The van der Waals surface area contributed by atoms with Crippen molar-refractivity contribution in [1.29, 1.82) is 0 Å². The molecule has 0 aliphatic rings. The molecule has 0 radical (unpaired) electrons. The zero-order valence-electron chi connectivity index (χ0n) is 14.6. The topological polar surface area (TPSA) is 38.5 Å². The molecule has 0 aliphatic carbocycles. The van der Waals surface area contributed by atoms with Crippen molar-refractivity contribution < 1.29 is 14.0 Å². The van der Waals surface area contributed by atoms with Crippen LogP contribution < -0.4 is 0 Å². The second-order valence-corrected chi connectivity index (χ2v) is 6.31. The van der Waals surface area contributed by atoms with E-state index in [2.05, 4.69) is 0 Å². The molecule has 4 aromatic rings. The molecule has 0 fully saturated rings. The Hall–Kier alpha value is -3.53. The zero-order valence-corrected chi connectivity index (χ0v) is 14.6. The van der Waals surface area contributed by atoms with Crippen LogP contribution in [0.3, 0.4) is 0 Å². The van der Waals surface area contributed by atoms with Gasteiger partial charge in [-0.25, -0.2) is 4.39 Å². The van der Waals surface area contributed by atoms with E-state index in [1.807, 2.05) is 48.5 Å². The molecule has 4 rings (SSSR count). The summed E-state index contributed by atoms with van der Waals surface area (Å²) in [5.41, 5.74) is 3.32. The molecular formula is C23H16FNO2. The number of hydrogen-bond acceptors (Lipinski definition) is 2. The van der Waals surface area contributed by atoms with Crippen molar-refractivity contribution in [2.45, 2.75) is 6.92 Å². The number of halogens is 1. The molecule has 27 heavy (non-hydrogen) atoms. The monoisotopic (exact) mass is 357 g/mol. The zero-order chi connectivity index (χ0) is 19.0. The number of aromatic nitrogens is 1. The van der Waals surface area contributed by atoms with E-state index < -0.39 is 5.82 Å². The van der Waals surface area contributed by atoms with Gasteiger partial charge in [-0.1, -0.05) is 36.4 Å². The fraction of sp³-hybridized carbons (Fsp3) is 0.0435. The summed E-state index contributed by atoms with van der Waals surface area (Å²) in [4.78, 5) is 25.8. The second kappa shape index (κ2) is 6.65. The van der Waals surface area contributed by atoms with Crippen LogP contribution in [0, 0.1) is 5.82 Å². The molecule has 0 spiro atoms. The predicted molar refractivity (Wildman–Crippen MR) is 103 cm³/mol. The van der Waals surface area contributed by atoms with E-state index in [1.165, 1.54) is 31.2 Å². The summed E-state index contributed by atoms with van der Waals surface area (Å²) in [6.07, 6.45) is 1.78. The van der Waals surface area contributed by atoms with Gasteiger partial charge in [-0.15, -0.1) is 0 Å². The normalized spacial score (nSPS) is 10.9. The predicted octanol–water partition coefficient (Wildman–Crippen LogP) is 5.18. The molecule has 0 saturated carbocycles. The molecule has 2 heterocycles. The van der Waals surface area contributed by atoms with Crippen molar-refractivity contribution in [2.24, 2.45) is 0 Å². The third kappa shape index (κ3) is 2.85. The Bertz CT molecular complexity index is 1160. The maximum atomic E-state index is 13.4. The molecule has 0 amide bonds. The van der Waals surface area contributed by atoms with Crippen molar-refractivity contribution in [3.05, 3.63) is 102 Å². The van der Waals surface area contributed by atoms with Crippen LogP contribution in [0.4, 0.5) is 4.39 Å². The summed E-state index contributed by atoms with van der Waals surface area (Å²) in [7, 11) is 0. The maximum absolute atomic E-state index is 13.4. The van der Waals surface area contributed by atoms with Crippen LogP contribution in [-0.4, -0.2) is 16.0 Å². The number of fused-ring (bicyclic) bond motifs is 1. The number of Topliss-reactive ketones (excluding diaryl/α,β-unsaturated/α-hetero) is 1. The highest BCUT2D eigenvalue weighted by atomic mass is 19.1. The first-order chi connectivity index (χ1) is 13.1. The van der Waals surface area contributed by atoms with Crippen LogP contribution in [0.1, 0.15) is 33.3 Å². The molecule has 3 nitrogen and oxygen atoms in total. The third-order valence-electron chi connectivity index (χ3n) is 4.57. The van der Waals surface area contributed by atoms with Gasteiger partial charge in [0.15, 0.2) is 11.6 Å². The lowest BCUT2D eigenvalue weighted by atomic mass is 9.94.